The highest BCUT2D eigenvalue weighted by molar-refractivity contribution is 6.35. The van der Waals surface area contributed by atoms with Crippen molar-refractivity contribution in [3.05, 3.63) is 77.2 Å². The van der Waals surface area contributed by atoms with Crippen molar-refractivity contribution in [1.29, 1.82) is 0 Å². The van der Waals surface area contributed by atoms with Gasteiger partial charge in [0.1, 0.15) is 34.9 Å². The molecule has 0 radical (unpaired) electrons. The number of carbonyl (C=O) groups is 2. The molecule has 0 saturated carbocycles. The maximum atomic E-state index is 13.6. The number of ketones is 1. The van der Waals surface area contributed by atoms with Crippen molar-refractivity contribution in [3.63, 3.8) is 0 Å². The molecular weight excluding hydrogens is 518 g/mol. The predicted octanol–water partition coefficient (Wildman–Crippen LogP) is 6.45. The van der Waals surface area contributed by atoms with Crippen LogP contribution in [0.15, 0.2) is 61.1 Å². The lowest BCUT2D eigenvalue weighted by atomic mass is 10.0. The number of likely N-dealkylation sites (tertiary alicyclic amines) is 1. The minimum atomic E-state index is -0.565. The van der Waals surface area contributed by atoms with Crippen LogP contribution in [0.25, 0.3) is 11.0 Å². The van der Waals surface area contributed by atoms with E-state index in [4.69, 9.17) is 21.1 Å². The predicted molar refractivity (Wildman–Crippen MR) is 150 cm³/mol. The van der Waals surface area contributed by atoms with Crippen LogP contribution in [-0.2, 0) is 4.74 Å². The van der Waals surface area contributed by atoms with Crippen LogP contribution >= 0.6 is 11.6 Å². The Kier molecular flexibility index (Phi) is 7.43. The number of hydrogen-bond acceptors (Lipinski definition) is 7. The number of rotatable bonds is 7. The Balaban J connectivity index is 1.35. The summed E-state index contributed by atoms with van der Waals surface area (Å²) < 4.78 is 11.4. The fourth-order valence-corrected chi connectivity index (χ4v) is 4.87. The highest BCUT2D eigenvalue weighted by Gasteiger charge is 2.32. The largest absolute Gasteiger partial charge is 0.457 e. The Morgan fingerprint density at radius 2 is 1.90 bits per heavy atom. The number of hydrogen-bond donors (Lipinski definition) is 2. The normalized spacial score (nSPS) is 15.4. The Morgan fingerprint density at radius 3 is 2.64 bits per heavy atom. The number of nitrogens with one attached hydrogen (secondary N) is 2. The van der Waals surface area contributed by atoms with Gasteiger partial charge in [0, 0.05) is 30.9 Å². The maximum absolute atomic E-state index is 13.6. The molecule has 2 N–H and O–H groups in total. The van der Waals surface area contributed by atoms with Gasteiger partial charge in [0.15, 0.2) is 5.78 Å². The van der Waals surface area contributed by atoms with Gasteiger partial charge in [-0.05, 0) is 57.9 Å². The molecule has 1 atom stereocenters. The minimum Gasteiger partial charge on any atom is -0.457 e. The monoisotopic (exact) mass is 547 g/mol. The lowest BCUT2D eigenvalue weighted by molar-refractivity contribution is 0.0235. The number of nitrogens with zero attached hydrogens (tertiary/aromatic N) is 3. The molecule has 0 bridgehead atoms. The molecule has 1 aliphatic heterocycles. The Bertz CT molecular complexity index is 1500. The first-order valence-corrected chi connectivity index (χ1v) is 13.2. The quantitative estimate of drug-likeness (QED) is 0.256. The lowest BCUT2D eigenvalue weighted by Crippen LogP contribution is -2.42. The van der Waals surface area contributed by atoms with E-state index in [1.165, 1.54) is 6.33 Å². The molecule has 0 aliphatic carbocycles. The molecular formula is C29H30ClN5O4. The van der Waals surface area contributed by atoms with Crippen molar-refractivity contribution < 1.29 is 19.1 Å². The zero-order chi connectivity index (χ0) is 27.6. The van der Waals surface area contributed by atoms with E-state index in [-0.39, 0.29) is 22.9 Å². The molecule has 4 aromatic rings. The highest BCUT2D eigenvalue weighted by Crippen LogP contribution is 2.31. The topological polar surface area (TPSA) is 109 Å². The van der Waals surface area contributed by atoms with Crippen LogP contribution in [0.4, 0.5) is 10.6 Å². The van der Waals surface area contributed by atoms with E-state index < -0.39 is 5.60 Å². The van der Waals surface area contributed by atoms with Gasteiger partial charge >= 0.3 is 6.09 Å². The van der Waals surface area contributed by atoms with Crippen LogP contribution in [-0.4, -0.2) is 56.5 Å². The second-order valence-corrected chi connectivity index (χ2v) is 10.8. The smallest absolute Gasteiger partial charge is 0.410 e. The van der Waals surface area contributed by atoms with Crippen LogP contribution < -0.4 is 10.1 Å². The van der Waals surface area contributed by atoms with E-state index in [0.29, 0.717) is 52.6 Å². The summed E-state index contributed by atoms with van der Waals surface area (Å²) in [6.45, 7) is 6.65. The van der Waals surface area contributed by atoms with Crippen molar-refractivity contribution in [2.45, 2.75) is 45.3 Å². The third-order valence-corrected chi connectivity index (χ3v) is 6.70. The fraction of sp³-hybridized carbons (Fsp3) is 0.310. The number of fused-ring (bicyclic) bond motifs is 1. The molecule has 1 fully saturated rings. The second-order valence-electron chi connectivity index (χ2n) is 10.4. The van der Waals surface area contributed by atoms with Gasteiger partial charge in [0.25, 0.3) is 0 Å². The number of ether oxygens (including phenoxy) is 2. The number of carbonyl (C=O) groups excluding carboxylic acids is 2. The minimum absolute atomic E-state index is 0.0606. The van der Waals surface area contributed by atoms with Crippen LogP contribution in [0, 0.1) is 0 Å². The molecule has 2 aromatic heterocycles. The van der Waals surface area contributed by atoms with E-state index in [1.54, 1.807) is 29.3 Å². The van der Waals surface area contributed by atoms with Crippen LogP contribution in [0.1, 0.15) is 49.5 Å². The molecule has 1 amide bonds. The SMILES string of the molecule is CC(C)(C)OC(=O)N1CCCC1CNc1ncnc2[nH]cc(C(=O)c3ccc(Oc4ccccc4)cc3Cl)c12. The van der Waals surface area contributed by atoms with Crippen LogP contribution in [0.2, 0.25) is 5.02 Å². The summed E-state index contributed by atoms with van der Waals surface area (Å²) in [4.78, 5) is 39.8. The first-order valence-electron chi connectivity index (χ1n) is 12.8. The van der Waals surface area contributed by atoms with Gasteiger partial charge in [0.2, 0.25) is 0 Å². The molecule has 10 heteroatoms. The van der Waals surface area contributed by atoms with E-state index in [0.717, 1.165) is 12.8 Å². The molecule has 1 saturated heterocycles. The van der Waals surface area contributed by atoms with Gasteiger partial charge in [-0.3, -0.25) is 4.79 Å². The number of H-pyrrole nitrogens is 1. The standard InChI is InChI=1S/C29H30ClN5O4/c1-29(2,3)39-28(37)35-13-7-8-18(35)15-31-26-24-22(16-32-27(24)34-17-33-26)25(36)21-12-11-20(14-23(21)30)38-19-9-5-4-6-10-19/h4-6,9-12,14,16-18H,7-8,13,15H2,1-3H3,(H2,31,32,33,34). The first-order chi connectivity index (χ1) is 18.7. The second kappa shape index (κ2) is 10.9. The number of amides is 1. The summed E-state index contributed by atoms with van der Waals surface area (Å²) in [5, 5.41) is 4.17. The number of benzene rings is 2. The van der Waals surface area contributed by atoms with Gasteiger partial charge in [0.05, 0.1) is 22.0 Å². The summed E-state index contributed by atoms with van der Waals surface area (Å²) >= 11 is 6.53. The molecule has 202 valence electrons. The zero-order valence-corrected chi connectivity index (χ0v) is 22.8. The number of aromatic amines is 1. The molecule has 5 rings (SSSR count). The van der Waals surface area contributed by atoms with Gasteiger partial charge in [-0.25, -0.2) is 14.8 Å². The number of aromatic nitrogens is 3. The van der Waals surface area contributed by atoms with Gasteiger partial charge < -0.3 is 24.7 Å². The molecule has 0 spiro atoms. The molecule has 1 aliphatic rings. The van der Waals surface area contributed by atoms with E-state index >= 15 is 0 Å². The highest BCUT2D eigenvalue weighted by atomic mass is 35.5. The Hall–Kier alpha value is -4.11. The van der Waals surface area contributed by atoms with Gasteiger partial charge in [-0.2, -0.15) is 0 Å². The Morgan fingerprint density at radius 1 is 1.10 bits per heavy atom. The van der Waals surface area contributed by atoms with E-state index in [2.05, 4.69) is 20.3 Å². The molecule has 9 nitrogen and oxygen atoms in total. The fourth-order valence-electron chi connectivity index (χ4n) is 4.61. The van der Waals surface area contributed by atoms with Crippen LogP contribution in [0.3, 0.4) is 0 Å². The molecule has 1 unspecified atom stereocenters. The van der Waals surface area contributed by atoms with E-state index in [9.17, 15) is 9.59 Å². The average Bonchev–Trinajstić information content (AvgIpc) is 3.54. The molecule has 39 heavy (non-hydrogen) atoms. The third-order valence-electron chi connectivity index (χ3n) is 6.39. The lowest BCUT2D eigenvalue weighted by Gasteiger charge is -2.28. The van der Waals surface area contributed by atoms with Crippen LogP contribution in [0.5, 0.6) is 11.5 Å². The Labute approximate surface area is 231 Å². The number of anilines is 1. The van der Waals surface area contributed by atoms with Crippen molar-refractivity contribution in [3.8, 4) is 11.5 Å². The number of para-hydroxylation sites is 1. The van der Waals surface area contributed by atoms with Crippen molar-refractivity contribution in [2.75, 3.05) is 18.4 Å². The van der Waals surface area contributed by atoms with Crippen molar-refractivity contribution in [1.82, 2.24) is 19.9 Å². The summed E-state index contributed by atoms with van der Waals surface area (Å²) in [5.74, 6) is 1.43. The average molecular weight is 548 g/mol. The van der Waals surface area contributed by atoms with Gasteiger partial charge in [-0.1, -0.05) is 29.8 Å². The van der Waals surface area contributed by atoms with Gasteiger partial charge in [-0.15, -0.1) is 0 Å². The zero-order valence-electron chi connectivity index (χ0n) is 22.0. The first kappa shape index (κ1) is 26.5. The third kappa shape index (κ3) is 5.98. The molecule has 3 heterocycles. The summed E-state index contributed by atoms with van der Waals surface area (Å²) in [6.07, 6.45) is 4.44. The van der Waals surface area contributed by atoms with Crippen molar-refractivity contribution in [2.24, 2.45) is 0 Å². The van der Waals surface area contributed by atoms with E-state index in [1.807, 2.05) is 51.1 Å². The summed E-state index contributed by atoms with van der Waals surface area (Å²) in [5.41, 5.74) is 0.678. The molecule has 2 aromatic carbocycles. The maximum Gasteiger partial charge on any atom is 0.410 e. The number of halogens is 1. The summed E-state index contributed by atoms with van der Waals surface area (Å²) in [6, 6.07) is 14.3. The summed E-state index contributed by atoms with van der Waals surface area (Å²) in [7, 11) is 0. The van der Waals surface area contributed by atoms with Crippen molar-refractivity contribution >= 4 is 40.3 Å².